The van der Waals surface area contributed by atoms with E-state index in [1.807, 2.05) is 0 Å². The van der Waals surface area contributed by atoms with Crippen molar-refractivity contribution in [2.75, 3.05) is 11.9 Å². The number of anilines is 1. The highest BCUT2D eigenvalue weighted by Gasteiger charge is 2.59. The van der Waals surface area contributed by atoms with E-state index in [0.29, 0.717) is 6.54 Å². The van der Waals surface area contributed by atoms with E-state index in [1.54, 1.807) is 6.92 Å². The Morgan fingerprint density at radius 1 is 1.16 bits per heavy atom. The molecule has 0 fully saturated rings. The van der Waals surface area contributed by atoms with Crippen LogP contribution in [-0.4, -0.2) is 30.0 Å². The molecular weight excluding hydrogens is 278 g/mol. The molecule has 1 N–H and O–H groups in total. The third-order valence-electron chi connectivity index (χ3n) is 1.94. The molecule has 0 amide bonds. The van der Waals surface area contributed by atoms with Gasteiger partial charge in [-0.25, -0.2) is 0 Å². The second kappa shape index (κ2) is 5.54. The van der Waals surface area contributed by atoms with Gasteiger partial charge in [-0.15, -0.1) is 0 Å². The largest absolute Gasteiger partial charge is 0.470 e. The molecule has 0 unspecified atom stereocenters. The van der Waals surface area contributed by atoms with Crippen molar-refractivity contribution in [2.45, 2.75) is 25.4 Å². The summed E-state index contributed by atoms with van der Waals surface area (Å²) in [4.78, 5) is 3.50. The number of hydrogen-bond donors (Lipinski definition) is 1. The number of nitrogens with one attached hydrogen (secondary N) is 1. The first-order valence-electron chi connectivity index (χ1n) is 5.13. The molecule has 0 radical (unpaired) electrons. The molecule has 0 aromatic carbocycles. The van der Waals surface area contributed by atoms with Crippen LogP contribution in [0, 0.1) is 0 Å². The molecule has 0 aliphatic carbocycles. The summed E-state index contributed by atoms with van der Waals surface area (Å²) >= 11 is 0. The quantitative estimate of drug-likeness (QED) is 0.862. The molecule has 0 saturated heterocycles. The number of halogens is 6. The fourth-order valence-corrected chi connectivity index (χ4v) is 1.24. The Hall–Kier alpha value is -1.67. The van der Waals surface area contributed by atoms with E-state index >= 15 is 0 Å². The molecule has 0 saturated carbocycles. The molecule has 3 nitrogen and oxygen atoms in total. The van der Waals surface area contributed by atoms with Crippen molar-refractivity contribution in [2.24, 2.45) is 0 Å². The zero-order valence-electron chi connectivity index (χ0n) is 9.64. The summed E-state index contributed by atoms with van der Waals surface area (Å²) in [6.07, 6.45) is -12.9. The van der Waals surface area contributed by atoms with Gasteiger partial charge in [-0.3, -0.25) is 4.98 Å². The van der Waals surface area contributed by atoms with Gasteiger partial charge in [0.2, 0.25) is 0 Å². The molecule has 1 aromatic rings. The smallest absolute Gasteiger partial charge is 0.434 e. The number of ether oxygens (including phenoxy) is 1. The number of hydrogen-bond acceptors (Lipinski definition) is 3. The monoisotopic (exact) mass is 288 g/mol. The molecule has 1 aromatic heterocycles. The zero-order chi connectivity index (χ0) is 14.7. The predicted molar refractivity (Wildman–Crippen MR) is 54.9 cm³/mol. The Morgan fingerprint density at radius 3 is 2.21 bits per heavy atom. The van der Waals surface area contributed by atoms with Crippen molar-refractivity contribution in [1.82, 2.24) is 4.98 Å². The summed E-state index contributed by atoms with van der Waals surface area (Å²) in [7, 11) is 0. The standard InChI is InChI=1S/C10H10F6N2O/c1-2-18-6-3-7(5-17-4-6)19-8(9(11,12)13)10(14,15)16/h3-5,8,18H,2H2,1H3. The summed E-state index contributed by atoms with van der Waals surface area (Å²) in [6, 6.07) is 1.01. The Kier molecular flexibility index (Phi) is 4.48. The number of alkyl halides is 6. The van der Waals surface area contributed by atoms with Gasteiger partial charge in [-0.1, -0.05) is 0 Å². The minimum atomic E-state index is -5.55. The highest BCUT2D eigenvalue weighted by Crippen LogP contribution is 2.36. The third-order valence-corrected chi connectivity index (χ3v) is 1.94. The van der Waals surface area contributed by atoms with E-state index in [9.17, 15) is 26.3 Å². The third kappa shape index (κ3) is 4.49. The van der Waals surface area contributed by atoms with E-state index in [1.165, 1.54) is 6.20 Å². The lowest BCUT2D eigenvalue weighted by Crippen LogP contribution is -2.46. The number of rotatable bonds is 4. The van der Waals surface area contributed by atoms with Gasteiger partial charge >= 0.3 is 12.4 Å². The lowest BCUT2D eigenvalue weighted by Gasteiger charge is -2.23. The van der Waals surface area contributed by atoms with Gasteiger partial charge in [-0.05, 0) is 6.92 Å². The SMILES string of the molecule is CCNc1cncc(OC(C(F)(F)F)C(F)(F)F)c1. The van der Waals surface area contributed by atoms with Crippen LogP contribution in [0.15, 0.2) is 18.5 Å². The normalized spacial score (nSPS) is 12.6. The van der Waals surface area contributed by atoms with Crippen molar-refractivity contribution in [3.63, 3.8) is 0 Å². The van der Waals surface area contributed by atoms with Crippen LogP contribution in [0.4, 0.5) is 32.0 Å². The van der Waals surface area contributed by atoms with Crippen LogP contribution in [0.3, 0.4) is 0 Å². The summed E-state index contributed by atoms with van der Waals surface area (Å²) in [6.45, 7) is 2.15. The van der Waals surface area contributed by atoms with Crippen molar-refractivity contribution < 1.29 is 31.1 Å². The Labute approximate surface area is 104 Å². The van der Waals surface area contributed by atoms with Gasteiger partial charge in [0.05, 0.1) is 18.1 Å². The van der Waals surface area contributed by atoms with Crippen molar-refractivity contribution in [3.05, 3.63) is 18.5 Å². The Bertz CT molecular complexity index is 403. The van der Waals surface area contributed by atoms with E-state index in [4.69, 9.17) is 0 Å². The maximum Gasteiger partial charge on any atom is 0.434 e. The lowest BCUT2D eigenvalue weighted by atomic mass is 10.3. The molecule has 0 aliphatic rings. The van der Waals surface area contributed by atoms with Crippen LogP contribution in [-0.2, 0) is 0 Å². The highest BCUT2D eigenvalue weighted by molar-refractivity contribution is 5.45. The highest BCUT2D eigenvalue weighted by atomic mass is 19.4. The topological polar surface area (TPSA) is 34.2 Å². The molecule has 0 atom stereocenters. The van der Waals surface area contributed by atoms with Crippen LogP contribution in [0.5, 0.6) is 5.75 Å². The molecule has 108 valence electrons. The summed E-state index contributed by atoms with van der Waals surface area (Å²) in [5.41, 5.74) is 0.267. The molecule has 0 bridgehead atoms. The fourth-order valence-electron chi connectivity index (χ4n) is 1.24. The molecule has 0 spiro atoms. The van der Waals surface area contributed by atoms with Gasteiger partial charge < -0.3 is 10.1 Å². The summed E-state index contributed by atoms with van der Waals surface area (Å²) < 4.78 is 77.6. The molecule has 1 rings (SSSR count). The van der Waals surface area contributed by atoms with E-state index in [-0.39, 0.29) is 5.69 Å². The number of aromatic nitrogens is 1. The lowest BCUT2D eigenvalue weighted by molar-refractivity contribution is -0.299. The van der Waals surface area contributed by atoms with Crippen LogP contribution in [0.2, 0.25) is 0 Å². The van der Waals surface area contributed by atoms with E-state index < -0.39 is 24.2 Å². The van der Waals surface area contributed by atoms with Crippen LogP contribution >= 0.6 is 0 Å². The first kappa shape index (κ1) is 15.4. The van der Waals surface area contributed by atoms with Crippen molar-refractivity contribution >= 4 is 5.69 Å². The van der Waals surface area contributed by atoms with E-state index in [2.05, 4.69) is 15.0 Å². The minimum absolute atomic E-state index is 0.267. The van der Waals surface area contributed by atoms with Gasteiger partial charge in [0, 0.05) is 12.6 Å². The van der Waals surface area contributed by atoms with Crippen LogP contribution < -0.4 is 10.1 Å². The van der Waals surface area contributed by atoms with Gasteiger partial charge in [0.25, 0.3) is 6.10 Å². The van der Waals surface area contributed by atoms with Gasteiger partial charge in [0.15, 0.2) is 0 Å². The predicted octanol–water partition coefficient (Wildman–Crippen LogP) is 3.39. The number of pyridine rings is 1. The average Bonchev–Trinajstić information content (AvgIpc) is 2.24. The van der Waals surface area contributed by atoms with E-state index in [0.717, 1.165) is 12.3 Å². The van der Waals surface area contributed by atoms with Gasteiger partial charge in [-0.2, -0.15) is 26.3 Å². The zero-order valence-corrected chi connectivity index (χ0v) is 9.64. The number of nitrogens with zero attached hydrogens (tertiary/aromatic N) is 1. The molecule has 1 heterocycles. The summed E-state index contributed by atoms with van der Waals surface area (Å²) in [5, 5.41) is 2.69. The molecular formula is C10H10F6N2O. The van der Waals surface area contributed by atoms with Crippen LogP contribution in [0.1, 0.15) is 6.92 Å². The summed E-state index contributed by atoms with van der Waals surface area (Å²) in [5.74, 6) is -0.613. The Balaban J connectivity index is 2.94. The maximum absolute atomic E-state index is 12.3. The first-order chi connectivity index (χ1) is 8.64. The molecule has 19 heavy (non-hydrogen) atoms. The first-order valence-corrected chi connectivity index (χ1v) is 5.13. The van der Waals surface area contributed by atoms with Crippen molar-refractivity contribution in [3.8, 4) is 5.75 Å². The molecule has 9 heteroatoms. The average molecular weight is 288 g/mol. The molecule has 0 aliphatic heterocycles. The maximum atomic E-state index is 12.3. The second-order valence-electron chi connectivity index (χ2n) is 3.52. The van der Waals surface area contributed by atoms with Crippen LogP contribution in [0.25, 0.3) is 0 Å². The Morgan fingerprint density at radius 2 is 1.74 bits per heavy atom. The second-order valence-corrected chi connectivity index (χ2v) is 3.52. The van der Waals surface area contributed by atoms with Gasteiger partial charge in [0.1, 0.15) is 5.75 Å². The fraction of sp³-hybridized carbons (Fsp3) is 0.500. The minimum Gasteiger partial charge on any atom is -0.470 e. The van der Waals surface area contributed by atoms with Crippen molar-refractivity contribution in [1.29, 1.82) is 0 Å².